The van der Waals surface area contributed by atoms with Crippen molar-refractivity contribution in [1.29, 1.82) is 0 Å². The molecule has 2 heterocycles. The molecule has 3 aromatic rings. The van der Waals surface area contributed by atoms with Gasteiger partial charge in [0.05, 0.1) is 5.37 Å². The number of aromatic nitrogens is 1. The molecule has 4 rings (SSSR count). The molecule has 1 aliphatic heterocycles. The van der Waals surface area contributed by atoms with E-state index in [-0.39, 0.29) is 5.37 Å². The number of carboxylic acid groups (broad SMARTS) is 1. The number of rotatable bonds is 4. The van der Waals surface area contributed by atoms with Gasteiger partial charge in [-0.05, 0) is 23.8 Å². The summed E-state index contributed by atoms with van der Waals surface area (Å²) in [5.74, 6) is -0.251. The fourth-order valence-electron chi connectivity index (χ4n) is 3.24. The van der Waals surface area contributed by atoms with Crippen LogP contribution in [0.15, 0.2) is 48.7 Å². The largest absolute Gasteiger partial charge is 0.480 e. The molecular weight excluding hydrogens is 391 g/mol. The summed E-state index contributed by atoms with van der Waals surface area (Å²) in [6.07, 6.45) is 2.09. The number of aliphatic carboxylic acids is 1. The Morgan fingerprint density at radius 3 is 2.81 bits per heavy atom. The van der Waals surface area contributed by atoms with Gasteiger partial charge in [0.15, 0.2) is 0 Å². The Kier molecular flexibility index (Phi) is 4.88. The summed E-state index contributed by atoms with van der Waals surface area (Å²) in [4.78, 5) is 11.2. The summed E-state index contributed by atoms with van der Waals surface area (Å²) >= 11 is 14.0. The van der Waals surface area contributed by atoms with E-state index in [0.717, 1.165) is 22.0 Å². The van der Waals surface area contributed by atoms with Crippen molar-refractivity contribution in [3.05, 3.63) is 69.8 Å². The Bertz CT molecular complexity index is 989. The second-order valence-corrected chi connectivity index (χ2v) is 8.22. The van der Waals surface area contributed by atoms with Gasteiger partial charge in [0.25, 0.3) is 0 Å². The van der Waals surface area contributed by atoms with E-state index in [2.05, 4.69) is 28.2 Å². The first kappa shape index (κ1) is 17.7. The van der Waals surface area contributed by atoms with E-state index in [4.69, 9.17) is 23.2 Å². The van der Waals surface area contributed by atoms with Crippen LogP contribution in [0.4, 0.5) is 0 Å². The van der Waals surface area contributed by atoms with Gasteiger partial charge in [-0.15, -0.1) is 11.8 Å². The molecular formula is C19H16Cl2N2O2S. The van der Waals surface area contributed by atoms with Crippen molar-refractivity contribution in [2.75, 3.05) is 5.75 Å². The topological polar surface area (TPSA) is 54.3 Å². The van der Waals surface area contributed by atoms with Gasteiger partial charge < -0.3 is 9.67 Å². The first-order valence-electron chi connectivity index (χ1n) is 8.15. The van der Waals surface area contributed by atoms with Gasteiger partial charge in [-0.25, -0.2) is 0 Å². The zero-order valence-corrected chi connectivity index (χ0v) is 16.0. The smallest absolute Gasteiger partial charge is 0.321 e. The zero-order chi connectivity index (χ0) is 18.3. The predicted molar refractivity (Wildman–Crippen MR) is 107 cm³/mol. The van der Waals surface area contributed by atoms with Crippen LogP contribution in [0.1, 0.15) is 16.5 Å². The Morgan fingerprint density at radius 1 is 1.27 bits per heavy atom. The van der Waals surface area contributed by atoms with E-state index in [9.17, 15) is 9.90 Å². The quantitative estimate of drug-likeness (QED) is 0.654. The first-order valence-corrected chi connectivity index (χ1v) is 9.95. The number of halogens is 2. The molecule has 26 heavy (non-hydrogen) atoms. The lowest BCUT2D eigenvalue weighted by Crippen LogP contribution is -2.33. The van der Waals surface area contributed by atoms with E-state index < -0.39 is 12.0 Å². The molecule has 4 nitrogen and oxygen atoms in total. The number of thioether (sulfide) groups is 1. The zero-order valence-electron chi connectivity index (χ0n) is 13.7. The fraction of sp³-hybridized carbons (Fsp3) is 0.211. The Labute approximate surface area is 165 Å². The van der Waals surface area contributed by atoms with Gasteiger partial charge in [0.2, 0.25) is 0 Å². The number of hydrogen-bond acceptors (Lipinski definition) is 3. The van der Waals surface area contributed by atoms with E-state index >= 15 is 0 Å². The molecule has 0 aliphatic carbocycles. The van der Waals surface area contributed by atoms with Crippen LogP contribution in [0.5, 0.6) is 0 Å². The predicted octanol–water partition coefficient (Wildman–Crippen LogP) is 4.78. The second kappa shape index (κ2) is 7.16. The highest BCUT2D eigenvalue weighted by molar-refractivity contribution is 7.99. The molecule has 0 radical (unpaired) electrons. The van der Waals surface area contributed by atoms with Gasteiger partial charge in [-0.2, -0.15) is 0 Å². The van der Waals surface area contributed by atoms with Crippen LogP contribution < -0.4 is 5.32 Å². The van der Waals surface area contributed by atoms with Gasteiger partial charge >= 0.3 is 5.97 Å². The van der Waals surface area contributed by atoms with E-state index in [0.29, 0.717) is 22.3 Å². The van der Waals surface area contributed by atoms with Crippen molar-refractivity contribution < 1.29 is 9.90 Å². The molecule has 2 atom stereocenters. The molecule has 7 heteroatoms. The van der Waals surface area contributed by atoms with Gasteiger partial charge in [-0.1, -0.05) is 47.5 Å². The van der Waals surface area contributed by atoms with Crippen molar-refractivity contribution in [2.45, 2.75) is 18.0 Å². The molecule has 1 fully saturated rings. The minimum atomic E-state index is -0.809. The Morgan fingerprint density at radius 2 is 2.08 bits per heavy atom. The Balaban J connectivity index is 1.71. The van der Waals surface area contributed by atoms with Gasteiger partial charge in [0.1, 0.15) is 6.04 Å². The van der Waals surface area contributed by atoms with Crippen molar-refractivity contribution in [3.8, 4) is 0 Å². The van der Waals surface area contributed by atoms with Crippen LogP contribution >= 0.6 is 35.0 Å². The highest BCUT2D eigenvalue weighted by Crippen LogP contribution is 2.38. The number of carbonyl (C=O) groups is 1. The summed E-state index contributed by atoms with van der Waals surface area (Å²) in [6, 6.07) is 13.1. The van der Waals surface area contributed by atoms with Crippen molar-refractivity contribution in [1.82, 2.24) is 9.88 Å². The van der Waals surface area contributed by atoms with E-state index in [1.54, 1.807) is 17.8 Å². The van der Waals surface area contributed by atoms with Crippen LogP contribution in [0, 0.1) is 0 Å². The molecule has 0 saturated carbocycles. The lowest BCUT2D eigenvalue weighted by atomic mass is 10.1. The highest BCUT2D eigenvalue weighted by Gasteiger charge is 2.32. The number of nitrogens with zero attached hydrogens (tertiary/aromatic N) is 1. The number of fused-ring (bicyclic) bond motifs is 1. The number of carboxylic acids is 1. The van der Waals surface area contributed by atoms with Gasteiger partial charge in [0, 0.05) is 45.0 Å². The maximum Gasteiger partial charge on any atom is 0.321 e. The SMILES string of the molecule is O=C(O)[C@@H]1CS[C@H](c2cn(Cc3ccc(Cl)cc3Cl)c3ccccc23)N1. The number of nitrogens with one attached hydrogen (secondary N) is 1. The van der Waals surface area contributed by atoms with Crippen LogP contribution in [0.2, 0.25) is 10.0 Å². The Hall–Kier alpha value is -1.66. The summed E-state index contributed by atoms with van der Waals surface area (Å²) in [6.45, 7) is 0.621. The maximum absolute atomic E-state index is 11.2. The third kappa shape index (κ3) is 3.32. The molecule has 134 valence electrons. The number of hydrogen-bond donors (Lipinski definition) is 2. The minimum absolute atomic E-state index is 0.0389. The summed E-state index contributed by atoms with van der Waals surface area (Å²) < 4.78 is 2.15. The normalized spacial score (nSPS) is 19.9. The lowest BCUT2D eigenvalue weighted by molar-refractivity contribution is -0.138. The standard InChI is InChI=1S/C19H16Cl2N2O2S/c20-12-6-5-11(15(21)7-12)8-23-9-14(13-3-1-2-4-17(13)23)18-22-16(10-26-18)19(24)25/h1-7,9,16,18,22H,8,10H2,(H,24,25)/t16-,18+/m0/s1. The molecule has 0 spiro atoms. The average Bonchev–Trinajstić information content (AvgIpc) is 3.23. The lowest BCUT2D eigenvalue weighted by Gasteiger charge is -2.10. The molecule has 1 saturated heterocycles. The van der Waals surface area contributed by atoms with E-state index in [1.165, 1.54) is 0 Å². The highest BCUT2D eigenvalue weighted by atomic mass is 35.5. The van der Waals surface area contributed by atoms with Gasteiger partial charge in [-0.3, -0.25) is 10.1 Å². The molecule has 1 aromatic heterocycles. The minimum Gasteiger partial charge on any atom is -0.480 e. The average molecular weight is 407 g/mol. The molecule has 2 aromatic carbocycles. The van der Waals surface area contributed by atoms with Crippen LogP contribution in [-0.4, -0.2) is 27.4 Å². The number of para-hydroxylation sites is 1. The van der Waals surface area contributed by atoms with E-state index in [1.807, 2.05) is 24.3 Å². The second-order valence-electron chi connectivity index (χ2n) is 6.24. The van der Waals surface area contributed by atoms with Crippen molar-refractivity contribution in [2.24, 2.45) is 0 Å². The summed E-state index contributed by atoms with van der Waals surface area (Å²) in [7, 11) is 0. The molecule has 0 bridgehead atoms. The third-order valence-corrected chi connectivity index (χ3v) is 6.37. The van der Waals surface area contributed by atoms with Crippen LogP contribution in [-0.2, 0) is 11.3 Å². The molecule has 1 aliphatic rings. The monoisotopic (exact) mass is 406 g/mol. The van der Waals surface area contributed by atoms with Crippen molar-refractivity contribution in [3.63, 3.8) is 0 Å². The summed E-state index contributed by atoms with van der Waals surface area (Å²) in [5.41, 5.74) is 3.17. The van der Waals surface area contributed by atoms with Crippen LogP contribution in [0.3, 0.4) is 0 Å². The van der Waals surface area contributed by atoms with Crippen LogP contribution in [0.25, 0.3) is 10.9 Å². The first-order chi connectivity index (χ1) is 12.5. The maximum atomic E-state index is 11.2. The third-order valence-electron chi connectivity index (χ3n) is 4.54. The molecule has 2 N–H and O–H groups in total. The molecule has 0 amide bonds. The molecule has 0 unspecified atom stereocenters. The summed E-state index contributed by atoms with van der Waals surface area (Å²) in [5, 5.41) is 14.8. The fourth-order valence-corrected chi connectivity index (χ4v) is 4.96. The number of benzene rings is 2. The van der Waals surface area contributed by atoms with Crippen molar-refractivity contribution >= 4 is 51.8 Å².